The van der Waals surface area contributed by atoms with Crippen LogP contribution < -0.4 is 0 Å². The van der Waals surface area contributed by atoms with Crippen molar-refractivity contribution in [1.82, 2.24) is 4.98 Å². The zero-order valence-corrected chi connectivity index (χ0v) is 19.3. The van der Waals surface area contributed by atoms with E-state index in [0.717, 1.165) is 48.9 Å². The molecule has 2 heteroatoms. The fraction of sp³-hybridized carbons (Fsp3) is 0.750. The molecule has 0 aliphatic heterocycles. The number of aliphatic hydroxyl groups is 1. The average Bonchev–Trinajstić information content (AvgIpc) is 3.10. The summed E-state index contributed by atoms with van der Waals surface area (Å²) in [5.41, 5.74) is 3.75. The van der Waals surface area contributed by atoms with Gasteiger partial charge in [-0.3, -0.25) is 4.98 Å². The first kappa shape index (κ1) is 20.7. The first-order chi connectivity index (χ1) is 14.4. The van der Waals surface area contributed by atoms with E-state index in [4.69, 9.17) is 0 Å². The quantitative estimate of drug-likeness (QED) is 0.571. The van der Waals surface area contributed by atoms with Crippen molar-refractivity contribution in [1.29, 1.82) is 0 Å². The molecule has 0 aromatic carbocycles. The van der Waals surface area contributed by atoms with Crippen LogP contribution in [0, 0.1) is 40.4 Å². The molecule has 7 unspecified atom stereocenters. The molecule has 1 heterocycles. The highest BCUT2D eigenvalue weighted by Crippen LogP contribution is 2.67. The molecule has 0 spiro atoms. The van der Waals surface area contributed by atoms with Crippen LogP contribution in [0.1, 0.15) is 84.3 Å². The molecule has 30 heavy (non-hydrogen) atoms. The Hall–Kier alpha value is -1.15. The molecule has 1 aromatic rings. The third kappa shape index (κ3) is 3.29. The van der Waals surface area contributed by atoms with E-state index in [0.29, 0.717) is 10.8 Å². The molecule has 4 aliphatic rings. The second-order valence-electron chi connectivity index (χ2n) is 11.7. The average molecular weight is 408 g/mol. The Morgan fingerprint density at radius 1 is 1.10 bits per heavy atom. The van der Waals surface area contributed by atoms with Gasteiger partial charge >= 0.3 is 0 Å². The molecule has 3 saturated carbocycles. The molecule has 3 fully saturated rings. The van der Waals surface area contributed by atoms with E-state index in [9.17, 15) is 5.11 Å². The van der Waals surface area contributed by atoms with Crippen LogP contribution >= 0.6 is 0 Å². The zero-order valence-electron chi connectivity index (χ0n) is 19.3. The lowest BCUT2D eigenvalue weighted by Gasteiger charge is -2.58. The number of aliphatic hydroxyl groups excluding tert-OH is 1. The molecule has 1 N–H and O–H groups in total. The number of fused-ring (bicyclic) bond motifs is 5. The third-order valence-electron chi connectivity index (χ3n) is 10.4. The number of hydrogen-bond donors (Lipinski definition) is 1. The Balaban J connectivity index is 1.31. The summed E-state index contributed by atoms with van der Waals surface area (Å²) in [6.45, 7) is 7.73. The van der Waals surface area contributed by atoms with Crippen LogP contribution in [-0.2, 0) is 6.42 Å². The van der Waals surface area contributed by atoms with Gasteiger partial charge in [-0.2, -0.15) is 0 Å². The molecule has 0 bridgehead atoms. The third-order valence-corrected chi connectivity index (χ3v) is 10.4. The summed E-state index contributed by atoms with van der Waals surface area (Å²) in [5, 5.41) is 10.2. The monoisotopic (exact) mass is 407 g/mol. The maximum Gasteiger partial charge on any atom is 0.0577 e. The largest absolute Gasteiger partial charge is 0.393 e. The number of pyridine rings is 1. The number of hydrogen-bond acceptors (Lipinski definition) is 2. The number of allylic oxidation sites excluding steroid dienone is 1. The summed E-state index contributed by atoms with van der Waals surface area (Å²) < 4.78 is 0. The minimum Gasteiger partial charge on any atom is -0.393 e. The van der Waals surface area contributed by atoms with Crippen molar-refractivity contribution in [2.45, 2.75) is 91.1 Å². The van der Waals surface area contributed by atoms with E-state index in [1.807, 2.05) is 12.3 Å². The van der Waals surface area contributed by atoms with Crippen LogP contribution in [0.15, 0.2) is 36.0 Å². The minimum atomic E-state index is -0.0921. The van der Waals surface area contributed by atoms with Crippen LogP contribution in [-0.4, -0.2) is 16.2 Å². The molecule has 4 aliphatic carbocycles. The first-order valence-electron chi connectivity index (χ1n) is 12.7. The molecule has 0 radical (unpaired) electrons. The Bertz CT molecular complexity index is 787. The van der Waals surface area contributed by atoms with E-state index >= 15 is 0 Å². The molecule has 5 rings (SSSR count). The highest BCUT2D eigenvalue weighted by Gasteiger charge is 2.59. The highest BCUT2D eigenvalue weighted by molar-refractivity contribution is 5.25. The van der Waals surface area contributed by atoms with E-state index in [1.54, 1.807) is 5.57 Å². The van der Waals surface area contributed by atoms with Crippen molar-refractivity contribution in [3.05, 3.63) is 41.7 Å². The summed E-state index contributed by atoms with van der Waals surface area (Å²) in [6.07, 6.45) is 16.9. The van der Waals surface area contributed by atoms with Crippen LogP contribution in [0.4, 0.5) is 0 Å². The Kier molecular flexibility index (Phi) is 5.37. The van der Waals surface area contributed by atoms with Gasteiger partial charge in [0.15, 0.2) is 0 Å². The number of rotatable bonds is 4. The second-order valence-corrected chi connectivity index (χ2v) is 11.7. The summed E-state index contributed by atoms with van der Waals surface area (Å²) in [6, 6.07) is 6.33. The fourth-order valence-corrected chi connectivity index (χ4v) is 8.74. The van der Waals surface area contributed by atoms with Crippen molar-refractivity contribution in [3.63, 3.8) is 0 Å². The van der Waals surface area contributed by atoms with Gasteiger partial charge in [-0.25, -0.2) is 0 Å². The Morgan fingerprint density at radius 2 is 1.97 bits per heavy atom. The lowest BCUT2D eigenvalue weighted by Crippen LogP contribution is -2.50. The predicted molar refractivity (Wildman–Crippen MR) is 123 cm³/mol. The lowest BCUT2D eigenvalue weighted by atomic mass is 9.47. The van der Waals surface area contributed by atoms with Crippen molar-refractivity contribution < 1.29 is 5.11 Å². The van der Waals surface area contributed by atoms with Gasteiger partial charge < -0.3 is 5.11 Å². The summed E-state index contributed by atoms with van der Waals surface area (Å²) in [5.74, 6) is 4.29. The Labute approximate surface area is 183 Å². The Morgan fingerprint density at radius 3 is 2.77 bits per heavy atom. The van der Waals surface area contributed by atoms with Crippen LogP contribution in [0.3, 0.4) is 0 Å². The van der Waals surface area contributed by atoms with E-state index in [2.05, 4.69) is 44.0 Å². The van der Waals surface area contributed by atoms with Gasteiger partial charge in [-0.1, -0.05) is 38.5 Å². The number of nitrogens with zero attached hydrogens (tertiary/aromatic N) is 1. The van der Waals surface area contributed by atoms with E-state index in [-0.39, 0.29) is 6.10 Å². The van der Waals surface area contributed by atoms with Crippen molar-refractivity contribution in [3.8, 4) is 0 Å². The predicted octanol–water partition coefficient (Wildman–Crippen LogP) is 6.59. The number of aryl methyl sites for hydroxylation is 1. The molecule has 0 amide bonds. The van der Waals surface area contributed by atoms with Gasteiger partial charge in [-0.15, -0.1) is 0 Å². The van der Waals surface area contributed by atoms with Crippen LogP contribution in [0.25, 0.3) is 0 Å². The highest BCUT2D eigenvalue weighted by atomic mass is 16.3. The zero-order chi connectivity index (χ0) is 20.9. The smallest absolute Gasteiger partial charge is 0.0577 e. The summed E-state index contributed by atoms with van der Waals surface area (Å²) in [7, 11) is 0. The SMILES string of the molecule is C[C@@H](CCc1ccccn1)C1CCC2C3CC=C4CC(O)CCC4(C)C3CCC21C. The number of aromatic nitrogens is 1. The molecule has 1 aromatic heterocycles. The minimum absolute atomic E-state index is 0.0921. The van der Waals surface area contributed by atoms with Crippen LogP contribution in [0.2, 0.25) is 0 Å². The van der Waals surface area contributed by atoms with Gasteiger partial charge in [0.25, 0.3) is 0 Å². The molecule has 8 atom stereocenters. The fourth-order valence-electron chi connectivity index (χ4n) is 8.74. The maximum atomic E-state index is 10.2. The van der Waals surface area contributed by atoms with Gasteiger partial charge in [0.1, 0.15) is 0 Å². The molecular weight excluding hydrogens is 366 g/mol. The van der Waals surface area contributed by atoms with E-state index in [1.165, 1.54) is 50.6 Å². The van der Waals surface area contributed by atoms with Gasteiger partial charge in [0.2, 0.25) is 0 Å². The maximum absolute atomic E-state index is 10.2. The molecule has 2 nitrogen and oxygen atoms in total. The standard InChI is InChI=1S/C28H41NO/c1-19(7-9-21-6-4-5-17-29-21)24-11-12-25-23-10-8-20-18-22(30)13-15-27(20,2)26(23)14-16-28(24,25)3/h4-6,8,17,19,22-26,30H,7,9-16,18H2,1-3H3/t19-,22?,23?,24?,25?,26?,27?,28?/m0/s1. The first-order valence-corrected chi connectivity index (χ1v) is 12.7. The van der Waals surface area contributed by atoms with Crippen molar-refractivity contribution in [2.75, 3.05) is 0 Å². The summed E-state index contributed by atoms with van der Waals surface area (Å²) in [4.78, 5) is 4.56. The van der Waals surface area contributed by atoms with Crippen LogP contribution in [0.5, 0.6) is 0 Å². The molecule has 164 valence electrons. The topological polar surface area (TPSA) is 33.1 Å². The van der Waals surface area contributed by atoms with Gasteiger partial charge in [0, 0.05) is 11.9 Å². The van der Waals surface area contributed by atoms with Crippen molar-refractivity contribution >= 4 is 0 Å². The second kappa shape index (κ2) is 7.76. The lowest BCUT2D eigenvalue weighted by molar-refractivity contribution is -0.0571. The molecule has 0 saturated heterocycles. The van der Waals surface area contributed by atoms with Crippen molar-refractivity contribution in [2.24, 2.45) is 40.4 Å². The van der Waals surface area contributed by atoms with Gasteiger partial charge in [0.05, 0.1) is 6.10 Å². The molecular formula is C28H41NO. The summed E-state index contributed by atoms with van der Waals surface area (Å²) >= 11 is 0. The normalized spacial score (nSPS) is 43.9. The van der Waals surface area contributed by atoms with E-state index < -0.39 is 0 Å². The van der Waals surface area contributed by atoms with Gasteiger partial charge in [-0.05, 0) is 117 Å².